The first-order chi connectivity index (χ1) is 12.8. The number of aromatic nitrogens is 1. The zero-order valence-electron chi connectivity index (χ0n) is 15.0. The summed E-state index contributed by atoms with van der Waals surface area (Å²) in [6, 6.07) is 3.97. The lowest BCUT2D eigenvalue weighted by Gasteiger charge is -2.36. The summed E-state index contributed by atoms with van der Waals surface area (Å²) >= 11 is 0. The topological polar surface area (TPSA) is 74.8 Å². The van der Waals surface area contributed by atoms with Crippen LogP contribution in [0, 0.1) is 11.8 Å². The molecule has 0 saturated carbocycles. The van der Waals surface area contributed by atoms with Gasteiger partial charge in [-0.05, 0) is 50.4 Å². The number of allylic oxidation sites excluding steroid dienone is 1. The van der Waals surface area contributed by atoms with Crippen molar-refractivity contribution < 1.29 is 14.4 Å². The Hall–Kier alpha value is -2.21. The highest BCUT2D eigenvalue weighted by atomic mass is 16.7. The molecule has 0 radical (unpaired) electrons. The van der Waals surface area contributed by atoms with Gasteiger partial charge in [0.15, 0.2) is 0 Å². The lowest BCUT2D eigenvalue weighted by Crippen LogP contribution is -2.48. The molecule has 7 heteroatoms. The van der Waals surface area contributed by atoms with Crippen LogP contribution in [0.3, 0.4) is 0 Å². The summed E-state index contributed by atoms with van der Waals surface area (Å²) in [4.78, 5) is 35.3. The van der Waals surface area contributed by atoms with E-state index in [1.165, 1.54) is 6.08 Å². The van der Waals surface area contributed by atoms with Gasteiger partial charge in [0.05, 0.1) is 19.0 Å². The zero-order chi connectivity index (χ0) is 18.2. The van der Waals surface area contributed by atoms with Gasteiger partial charge in [-0.2, -0.15) is 0 Å². The Morgan fingerprint density at radius 2 is 1.96 bits per heavy atom. The summed E-state index contributed by atoms with van der Waals surface area (Å²) in [6.45, 7) is 4.73. The van der Waals surface area contributed by atoms with Crippen LogP contribution < -0.4 is 10.2 Å². The minimum Gasteiger partial charge on any atom is -0.369 e. The Kier molecular flexibility index (Phi) is 6.77. The standard InChI is InChI=1S/C19H26N4O3/c24-15-1-2-18(16-3-7-20-8-4-16)19(25)26-23-13-11-22(12-14-23)17-5-9-21-10-6-17/h1,5-6,9-10,16,18,20H,2-4,7-8,11-14H2. The maximum absolute atomic E-state index is 12.7. The monoisotopic (exact) mass is 358 g/mol. The third-order valence-corrected chi connectivity index (χ3v) is 5.20. The molecule has 140 valence electrons. The van der Waals surface area contributed by atoms with Crippen molar-refractivity contribution >= 4 is 17.6 Å². The number of piperazine rings is 1. The van der Waals surface area contributed by atoms with Gasteiger partial charge in [0.2, 0.25) is 0 Å². The van der Waals surface area contributed by atoms with E-state index in [0.29, 0.717) is 19.5 Å². The van der Waals surface area contributed by atoms with Crippen LogP contribution in [0.2, 0.25) is 0 Å². The molecule has 1 unspecified atom stereocenters. The highest BCUT2D eigenvalue weighted by Gasteiger charge is 2.32. The fraction of sp³-hybridized carbons (Fsp3) is 0.579. The van der Waals surface area contributed by atoms with Crippen LogP contribution >= 0.6 is 0 Å². The van der Waals surface area contributed by atoms with Gasteiger partial charge in [0, 0.05) is 37.2 Å². The van der Waals surface area contributed by atoms with Crippen molar-refractivity contribution in [3.63, 3.8) is 0 Å². The van der Waals surface area contributed by atoms with Crippen LogP contribution in [0.25, 0.3) is 0 Å². The molecule has 0 bridgehead atoms. The average Bonchev–Trinajstić information content (AvgIpc) is 2.70. The van der Waals surface area contributed by atoms with E-state index in [1.807, 2.05) is 12.1 Å². The van der Waals surface area contributed by atoms with Gasteiger partial charge in [0.25, 0.3) is 0 Å². The van der Waals surface area contributed by atoms with Gasteiger partial charge < -0.3 is 15.1 Å². The normalized spacial score (nSPS) is 20.2. The molecular formula is C19H26N4O3. The predicted molar refractivity (Wildman–Crippen MR) is 98.1 cm³/mol. The summed E-state index contributed by atoms with van der Waals surface area (Å²) in [5, 5.41) is 5.06. The Morgan fingerprint density at radius 3 is 2.62 bits per heavy atom. The van der Waals surface area contributed by atoms with Gasteiger partial charge in [0.1, 0.15) is 5.94 Å². The van der Waals surface area contributed by atoms with Gasteiger partial charge in [-0.3, -0.25) is 9.78 Å². The number of hydrogen-bond acceptors (Lipinski definition) is 7. The lowest BCUT2D eigenvalue weighted by molar-refractivity contribution is -0.199. The molecule has 7 nitrogen and oxygen atoms in total. The van der Waals surface area contributed by atoms with Crippen molar-refractivity contribution in [1.82, 2.24) is 15.4 Å². The number of pyridine rings is 1. The van der Waals surface area contributed by atoms with Crippen molar-refractivity contribution in [3.05, 3.63) is 30.6 Å². The minimum atomic E-state index is -0.267. The SMILES string of the molecule is O=C=CCC(C(=O)ON1CCN(c2ccncc2)CC1)C1CCNCC1. The Labute approximate surface area is 154 Å². The number of rotatable bonds is 6. The predicted octanol–water partition coefficient (Wildman–Crippen LogP) is 1.06. The molecule has 0 amide bonds. The van der Waals surface area contributed by atoms with E-state index in [1.54, 1.807) is 23.4 Å². The molecule has 26 heavy (non-hydrogen) atoms. The summed E-state index contributed by atoms with van der Waals surface area (Å²) in [6.07, 6.45) is 7.25. The second-order valence-corrected chi connectivity index (χ2v) is 6.78. The van der Waals surface area contributed by atoms with Crippen molar-refractivity contribution in [1.29, 1.82) is 0 Å². The first-order valence-electron chi connectivity index (χ1n) is 9.29. The quantitative estimate of drug-likeness (QED) is 0.762. The van der Waals surface area contributed by atoms with Crippen molar-refractivity contribution in [2.45, 2.75) is 19.3 Å². The number of nitrogens with zero attached hydrogens (tertiary/aromatic N) is 3. The van der Waals surface area contributed by atoms with Crippen LogP contribution in [0.4, 0.5) is 5.69 Å². The molecule has 1 N–H and O–H groups in total. The number of piperidine rings is 1. The second-order valence-electron chi connectivity index (χ2n) is 6.78. The summed E-state index contributed by atoms with van der Waals surface area (Å²) in [7, 11) is 0. The van der Waals surface area contributed by atoms with E-state index in [-0.39, 0.29) is 17.8 Å². The molecule has 2 aliphatic rings. The summed E-state index contributed by atoms with van der Waals surface area (Å²) < 4.78 is 0. The third kappa shape index (κ3) is 4.91. The first-order valence-corrected chi connectivity index (χ1v) is 9.29. The van der Waals surface area contributed by atoms with Gasteiger partial charge in [-0.15, -0.1) is 5.06 Å². The van der Waals surface area contributed by atoms with Crippen LogP contribution in [-0.4, -0.2) is 61.2 Å². The van der Waals surface area contributed by atoms with E-state index in [4.69, 9.17) is 4.84 Å². The maximum Gasteiger partial charge on any atom is 0.328 e. The number of anilines is 1. The molecule has 0 spiro atoms. The number of hydroxylamine groups is 2. The third-order valence-electron chi connectivity index (χ3n) is 5.20. The molecule has 0 aromatic carbocycles. The van der Waals surface area contributed by atoms with Gasteiger partial charge in [-0.1, -0.05) is 0 Å². The molecule has 1 aromatic heterocycles. The first kappa shape index (κ1) is 18.6. The molecule has 2 saturated heterocycles. The van der Waals surface area contributed by atoms with Crippen LogP contribution in [0.15, 0.2) is 30.6 Å². The highest BCUT2D eigenvalue weighted by Crippen LogP contribution is 2.27. The van der Waals surface area contributed by atoms with Crippen molar-refractivity contribution in [2.24, 2.45) is 11.8 Å². The van der Waals surface area contributed by atoms with E-state index < -0.39 is 0 Å². The smallest absolute Gasteiger partial charge is 0.328 e. The molecule has 1 atom stereocenters. The lowest BCUT2D eigenvalue weighted by atomic mass is 9.83. The van der Waals surface area contributed by atoms with Gasteiger partial charge >= 0.3 is 5.97 Å². The highest BCUT2D eigenvalue weighted by molar-refractivity contribution is 5.73. The van der Waals surface area contributed by atoms with Gasteiger partial charge in [-0.25, -0.2) is 4.79 Å². The Balaban J connectivity index is 1.53. The van der Waals surface area contributed by atoms with E-state index >= 15 is 0 Å². The molecule has 0 aliphatic carbocycles. The maximum atomic E-state index is 12.7. The number of carbonyl (C=O) groups is 1. The molecule has 2 fully saturated rings. The molecule has 3 rings (SSSR count). The number of nitrogens with one attached hydrogen (secondary N) is 1. The second kappa shape index (κ2) is 9.48. The molecule has 2 aliphatic heterocycles. The summed E-state index contributed by atoms with van der Waals surface area (Å²) in [5.74, 6) is 1.56. The molecule has 3 heterocycles. The van der Waals surface area contributed by atoms with Crippen LogP contribution in [0.5, 0.6) is 0 Å². The Morgan fingerprint density at radius 1 is 1.27 bits per heavy atom. The van der Waals surface area contributed by atoms with Crippen LogP contribution in [-0.2, 0) is 14.4 Å². The number of hydrogen-bond donors (Lipinski definition) is 1. The van der Waals surface area contributed by atoms with E-state index in [2.05, 4.69) is 15.2 Å². The molecular weight excluding hydrogens is 332 g/mol. The van der Waals surface area contributed by atoms with E-state index in [0.717, 1.165) is 44.7 Å². The molecule has 1 aromatic rings. The fourth-order valence-corrected chi connectivity index (χ4v) is 3.69. The largest absolute Gasteiger partial charge is 0.369 e. The van der Waals surface area contributed by atoms with Crippen molar-refractivity contribution in [2.75, 3.05) is 44.2 Å². The Bertz CT molecular complexity index is 619. The van der Waals surface area contributed by atoms with Crippen LogP contribution in [0.1, 0.15) is 19.3 Å². The minimum absolute atomic E-state index is 0.222. The number of carbonyl (C=O) groups excluding carboxylic acids is 2. The average molecular weight is 358 g/mol. The zero-order valence-corrected chi connectivity index (χ0v) is 15.0. The van der Waals surface area contributed by atoms with E-state index in [9.17, 15) is 9.59 Å². The fourth-order valence-electron chi connectivity index (χ4n) is 3.69. The summed E-state index contributed by atoms with van der Waals surface area (Å²) in [5.41, 5.74) is 1.13. The van der Waals surface area contributed by atoms with Crippen molar-refractivity contribution in [3.8, 4) is 0 Å².